The fourth-order valence-corrected chi connectivity index (χ4v) is 2.91. The maximum Gasteiger partial charge on any atom is 0.274 e. The lowest BCUT2D eigenvalue weighted by atomic mass is 10.1. The quantitative estimate of drug-likeness (QED) is 0.357. The van der Waals surface area contributed by atoms with Crippen LogP contribution >= 0.6 is 0 Å². The minimum Gasteiger partial charge on any atom is -0.309 e. The van der Waals surface area contributed by atoms with Gasteiger partial charge in [0.25, 0.3) is 11.2 Å². The third-order valence-corrected chi connectivity index (χ3v) is 4.42. The molecule has 0 atom stereocenters. The van der Waals surface area contributed by atoms with Crippen molar-refractivity contribution in [3.63, 3.8) is 0 Å². The summed E-state index contributed by atoms with van der Waals surface area (Å²) in [7, 11) is 4.00. The molecule has 0 aliphatic rings. The van der Waals surface area contributed by atoms with Gasteiger partial charge in [0.2, 0.25) is 0 Å². The molecule has 1 heterocycles. The Morgan fingerprint density at radius 3 is 2.46 bits per heavy atom. The van der Waals surface area contributed by atoms with E-state index in [9.17, 15) is 14.9 Å². The standard InChI is InChI=1S/C21H22N4O3/c1-23(2)12-3-13-24-21(26)20-11-8-17(14-18(20)15-22-24)5-4-16-6-9-19(10-7-16)25(27)28/h4-11,14-15H,3,12-13H2,1-2H3. The maximum atomic E-state index is 12.6. The van der Waals surface area contributed by atoms with E-state index < -0.39 is 4.92 Å². The Kier molecular flexibility index (Phi) is 5.96. The molecule has 0 aliphatic heterocycles. The summed E-state index contributed by atoms with van der Waals surface area (Å²) in [6.45, 7) is 1.49. The fraction of sp³-hybridized carbons (Fsp3) is 0.238. The smallest absolute Gasteiger partial charge is 0.274 e. The van der Waals surface area contributed by atoms with Gasteiger partial charge in [-0.25, -0.2) is 4.68 Å². The van der Waals surface area contributed by atoms with E-state index in [0.29, 0.717) is 11.9 Å². The number of hydrogen-bond acceptors (Lipinski definition) is 5. The van der Waals surface area contributed by atoms with Crippen molar-refractivity contribution in [1.29, 1.82) is 0 Å². The minimum absolute atomic E-state index is 0.0655. The van der Waals surface area contributed by atoms with Crippen molar-refractivity contribution in [2.24, 2.45) is 0 Å². The van der Waals surface area contributed by atoms with Gasteiger partial charge in [-0.3, -0.25) is 14.9 Å². The predicted octanol–water partition coefficient (Wildman–Crippen LogP) is 3.43. The van der Waals surface area contributed by atoms with Crippen LogP contribution in [0.15, 0.2) is 53.5 Å². The van der Waals surface area contributed by atoms with Crippen LogP contribution in [0.3, 0.4) is 0 Å². The summed E-state index contributed by atoms with van der Waals surface area (Å²) in [4.78, 5) is 25.0. The van der Waals surface area contributed by atoms with Gasteiger partial charge in [0.1, 0.15) is 0 Å². The Hall–Kier alpha value is -3.32. The number of nitrogens with zero attached hydrogens (tertiary/aromatic N) is 4. The lowest BCUT2D eigenvalue weighted by molar-refractivity contribution is -0.384. The molecule has 0 amide bonds. The van der Waals surface area contributed by atoms with Gasteiger partial charge in [0.05, 0.1) is 16.5 Å². The van der Waals surface area contributed by atoms with Crippen molar-refractivity contribution < 1.29 is 4.92 Å². The minimum atomic E-state index is -0.420. The van der Waals surface area contributed by atoms with Crippen LogP contribution in [0.1, 0.15) is 17.5 Å². The summed E-state index contributed by atoms with van der Waals surface area (Å²) in [6, 6.07) is 12.0. The van der Waals surface area contributed by atoms with Gasteiger partial charge in [-0.15, -0.1) is 0 Å². The SMILES string of the molecule is CN(C)CCCn1ncc2cc(C=Cc3ccc([N+](=O)[O-])cc3)ccc2c1=O. The topological polar surface area (TPSA) is 81.3 Å². The van der Waals surface area contributed by atoms with Crippen LogP contribution in [-0.4, -0.2) is 40.2 Å². The molecule has 0 aliphatic carbocycles. The number of aromatic nitrogens is 2. The van der Waals surface area contributed by atoms with E-state index in [0.717, 1.165) is 29.5 Å². The number of nitro groups is 1. The first kappa shape index (κ1) is 19.4. The zero-order valence-electron chi connectivity index (χ0n) is 15.9. The molecule has 7 nitrogen and oxygen atoms in total. The van der Waals surface area contributed by atoms with Gasteiger partial charge in [-0.2, -0.15) is 5.10 Å². The number of fused-ring (bicyclic) bond motifs is 1. The highest BCUT2D eigenvalue weighted by atomic mass is 16.6. The zero-order chi connectivity index (χ0) is 20.1. The molecule has 0 spiro atoms. The number of non-ortho nitro benzene ring substituents is 1. The summed E-state index contributed by atoms with van der Waals surface area (Å²) in [5.41, 5.74) is 1.77. The molecule has 0 bridgehead atoms. The molecule has 1 aromatic heterocycles. The Morgan fingerprint density at radius 1 is 1.11 bits per heavy atom. The van der Waals surface area contributed by atoms with Gasteiger partial charge in [-0.05, 0) is 62.5 Å². The van der Waals surface area contributed by atoms with Crippen LogP contribution in [0.4, 0.5) is 5.69 Å². The van der Waals surface area contributed by atoms with Crippen molar-refractivity contribution in [2.75, 3.05) is 20.6 Å². The maximum absolute atomic E-state index is 12.6. The van der Waals surface area contributed by atoms with Gasteiger partial charge in [0, 0.05) is 24.1 Å². The van der Waals surface area contributed by atoms with Crippen LogP contribution in [-0.2, 0) is 6.54 Å². The largest absolute Gasteiger partial charge is 0.309 e. The molecule has 2 aromatic carbocycles. The molecule has 0 fully saturated rings. The van der Waals surface area contributed by atoms with E-state index in [1.807, 2.05) is 44.4 Å². The zero-order valence-corrected chi connectivity index (χ0v) is 15.9. The molecular weight excluding hydrogens is 356 g/mol. The summed E-state index contributed by atoms with van der Waals surface area (Å²) < 4.78 is 1.51. The Balaban J connectivity index is 1.78. The first-order chi connectivity index (χ1) is 13.4. The molecular formula is C21H22N4O3. The summed E-state index contributed by atoms with van der Waals surface area (Å²) in [6.07, 6.45) is 6.36. The van der Waals surface area contributed by atoms with Crippen LogP contribution in [0, 0.1) is 10.1 Å². The van der Waals surface area contributed by atoms with Gasteiger partial charge in [-0.1, -0.05) is 18.2 Å². The Bertz CT molecular complexity index is 1070. The van der Waals surface area contributed by atoms with Crippen LogP contribution in [0.2, 0.25) is 0 Å². The lowest BCUT2D eigenvalue weighted by Crippen LogP contribution is -2.25. The van der Waals surface area contributed by atoms with E-state index in [1.54, 1.807) is 18.3 Å². The van der Waals surface area contributed by atoms with Crippen LogP contribution in [0.5, 0.6) is 0 Å². The van der Waals surface area contributed by atoms with E-state index in [4.69, 9.17) is 0 Å². The van der Waals surface area contributed by atoms with Gasteiger partial charge >= 0.3 is 0 Å². The third-order valence-electron chi connectivity index (χ3n) is 4.42. The average Bonchev–Trinajstić information content (AvgIpc) is 2.68. The van der Waals surface area contributed by atoms with Crippen molar-refractivity contribution in [1.82, 2.24) is 14.7 Å². The molecule has 3 aromatic rings. The van der Waals surface area contributed by atoms with Crippen molar-refractivity contribution >= 4 is 28.6 Å². The first-order valence-electron chi connectivity index (χ1n) is 9.01. The number of hydrogen-bond donors (Lipinski definition) is 0. The van der Waals surface area contributed by atoms with Crippen LogP contribution in [0.25, 0.3) is 22.9 Å². The normalized spacial score (nSPS) is 11.5. The van der Waals surface area contributed by atoms with E-state index in [1.165, 1.54) is 16.8 Å². The second-order valence-electron chi connectivity index (χ2n) is 6.86. The molecule has 144 valence electrons. The number of rotatable bonds is 7. The fourth-order valence-electron chi connectivity index (χ4n) is 2.91. The first-order valence-corrected chi connectivity index (χ1v) is 9.01. The molecule has 0 N–H and O–H groups in total. The molecule has 0 saturated heterocycles. The second-order valence-corrected chi connectivity index (χ2v) is 6.86. The van der Waals surface area contributed by atoms with E-state index in [-0.39, 0.29) is 11.2 Å². The van der Waals surface area contributed by atoms with E-state index in [2.05, 4.69) is 10.00 Å². The number of benzene rings is 2. The van der Waals surface area contributed by atoms with Gasteiger partial charge < -0.3 is 4.90 Å². The second kappa shape index (κ2) is 8.58. The Morgan fingerprint density at radius 2 is 1.79 bits per heavy atom. The van der Waals surface area contributed by atoms with Gasteiger partial charge in [0.15, 0.2) is 0 Å². The lowest BCUT2D eigenvalue weighted by Gasteiger charge is -2.10. The summed E-state index contributed by atoms with van der Waals surface area (Å²) in [5, 5.41) is 16.4. The highest BCUT2D eigenvalue weighted by molar-refractivity contribution is 5.84. The molecule has 7 heteroatoms. The molecule has 0 saturated carbocycles. The Labute approximate surface area is 162 Å². The molecule has 3 rings (SSSR count). The van der Waals surface area contributed by atoms with Crippen molar-refractivity contribution in [3.05, 3.63) is 80.3 Å². The number of nitro benzene ring substituents is 1. The molecule has 28 heavy (non-hydrogen) atoms. The molecule has 0 radical (unpaired) electrons. The van der Waals surface area contributed by atoms with Crippen molar-refractivity contribution in [3.8, 4) is 0 Å². The molecule has 0 unspecified atom stereocenters. The average molecular weight is 378 g/mol. The highest BCUT2D eigenvalue weighted by Crippen LogP contribution is 2.16. The summed E-state index contributed by atoms with van der Waals surface area (Å²) in [5.74, 6) is 0. The predicted molar refractivity (Wildman–Crippen MR) is 111 cm³/mol. The third kappa shape index (κ3) is 4.69. The van der Waals surface area contributed by atoms with Crippen molar-refractivity contribution in [2.45, 2.75) is 13.0 Å². The monoisotopic (exact) mass is 378 g/mol. The van der Waals surface area contributed by atoms with Crippen LogP contribution < -0.4 is 5.56 Å². The van der Waals surface area contributed by atoms with E-state index >= 15 is 0 Å². The number of aryl methyl sites for hydroxylation is 1. The highest BCUT2D eigenvalue weighted by Gasteiger charge is 2.05. The summed E-state index contributed by atoms with van der Waals surface area (Å²) >= 11 is 0.